The largest absolute Gasteiger partial charge is 0.522 e. The van der Waals surface area contributed by atoms with Crippen molar-refractivity contribution in [2.75, 3.05) is 0 Å². The van der Waals surface area contributed by atoms with Gasteiger partial charge in [0.25, 0.3) is 0 Å². The Morgan fingerprint density at radius 1 is 0.569 bits per heavy atom. The van der Waals surface area contributed by atoms with Crippen LogP contribution in [-0.4, -0.2) is 36.8 Å². The molecule has 0 aromatic heterocycles. The molecule has 0 amide bonds. The molecule has 7 nitrogen and oxygen atoms in total. The fraction of sp³-hybridized carbons (Fsp3) is 0.163. The van der Waals surface area contributed by atoms with Crippen LogP contribution in [0, 0.1) is 6.07 Å². The normalized spacial score (nSPS) is 14.8. The maximum absolute atomic E-state index is 14.8. The zero-order valence-electron chi connectivity index (χ0n) is 31.9. The van der Waals surface area contributed by atoms with Gasteiger partial charge in [0.2, 0.25) is 0 Å². The predicted molar refractivity (Wildman–Crippen MR) is 224 cm³/mol. The Kier molecular flexibility index (Phi) is 15.3. The Hall–Kier alpha value is -3.89. The van der Waals surface area contributed by atoms with E-state index in [0.717, 1.165) is 37.3 Å². The molecule has 1 heterocycles. The van der Waals surface area contributed by atoms with Gasteiger partial charge in [-0.15, -0.1) is 0 Å². The van der Waals surface area contributed by atoms with Gasteiger partial charge in [-0.1, -0.05) is 151 Å². The minimum Gasteiger partial charge on any atom is -0.399 e. The van der Waals surface area contributed by atoms with Crippen molar-refractivity contribution in [1.82, 2.24) is 0 Å². The maximum atomic E-state index is 14.8. The van der Waals surface area contributed by atoms with E-state index in [1.165, 1.54) is 0 Å². The van der Waals surface area contributed by atoms with Crippen molar-refractivity contribution in [3.05, 3.63) is 176 Å². The van der Waals surface area contributed by atoms with E-state index in [4.69, 9.17) is 22.3 Å². The molecule has 1 radical (unpaired) electrons. The van der Waals surface area contributed by atoms with Crippen LogP contribution >= 0.6 is 14.3 Å². The van der Waals surface area contributed by atoms with E-state index in [0.29, 0.717) is 0 Å². The summed E-state index contributed by atoms with van der Waals surface area (Å²) in [5.41, 5.74) is -5.64. The molecular weight excluding hydrogens is 983 g/mol. The standard InChI is InChI=1S/C24H26BO3P.C18H14OP.CHF3O3S.Ir/c1-23(2)24(3,4)28-25(27-23)21-17-11-12-18-22(21)29(26,19-13-7-5-8-14-19)20-15-9-6-10-16-20;19-20(16-10-4-1-5-11-16,17-12-6-2-7-13-17)18-14-8-3-9-15-18;2-1(3,4)8(5,6)7;/h5-18H,1-4H3;1-14H;(H,5,6,7);/q;-1;;. The molecule has 6 aromatic rings. The first kappa shape index (κ1) is 46.8. The van der Waals surface area contributed by atoms with E-state index in [2.05, 4.69) is 6.07 Å². The molecule has 0 aliphatic carbocycles. The molecule has 6 aromatic carbocycles. The first-order chi connectivity index (χ1) is 26.8. The number of halogens is 3. The second-order valence-electron chi connectivity index (χ2n) is 13.9. The van der Waals surface area contributed by atoms with Gasteiger partial charge in [-0.05, 0) is 33.2 Å². The van der Waals surface area contributed by atoms with E-state index < -0.39 is 48.2 Å². The summed E-state index contributed by atoms with van der Waals surface area (Å²) in [7, 11) is -12.4. The van der Waals surface area contributed by atoms with E-state index >= 15 is 0 Å². The third kappa shape index (κ3) is 10.3. The third-order valence-corrected chi connectivity index (χ3v) is 16.3. The molecule has 305 valence electrons. The Labute approximate surface area is 352 Å². The molecule has 1 fully saturated rings. The topological polar surface area (TPSA) is 107 Å². The van der Waals surface area contributed by atoms with Crippen LogP contribution in [0.15, 0.2) is 170 Å². The van der Waals surface area contributed by atoms with Crippen molar-refractivity contribution in [1.29, 1.82) is 0 Å². The van der Waals surface area contributed by atoms with Crippen LogP contribution in [0.3, 0.4) is 0 Å². The summed E-state index contributed by atoms with van der Waals surface area (Å²) in [4.78, 5) is 0. The summed E-state index contributed by atoms with van der Waals surface area (Å²) in [5, 5.41) is 4.79. The van der Waals surface area contributed by atoms with Crippen molar-refractivity contribution in [3.63, 3.8) is 0 Å². The van der Waals surface area contributed by atoms with Gasteiger partial charge in [-0.2, -0.15) is 51.9 Å². The van der Waals surface area contributed by atoms with Gasteiger partial charge in [-0.3, -0.25) is 4.55 Å². The molecule has 0 spiro atoms. The van der Waals surface area contributed by atoms with Crippen LogP contribution < -0.4 is 37.3 Å². The second-order valence-corrected chi connectivity index (χ2v) is 20.8. The summed E-state index contributed by atoms with van der Waals surface area (Å²) in [6, 6.07) is 57.1. The smallest absolute Gasteiger partial charge is 0.399 e. The fourth-order valence-corrected chi connectivity index (χ4v) is 11.4. The SMILES string of the molecule is CC1(C)OB(c2ccccc2P(=O)(c2ccccc2)c2ccccc2)OC1(C)C.O=P(c1[c-]cccc1)(c1ccccc1)c1ccccc1.O=S(=O)(O)C(F)(F)F.[Ir]. The van der Waals surface area contributed by atoms with Crippen LogP contribution in [0.25, 0.3) is 0 Å². The van der Waals surface area contributed by atoms with Crippen LogP contribution in [-0.2, 0) is 48.7 Å². The molecule has 7 rings (SSSR count). The summed E-state index contributed by atoms with van der Waals surface area (Å²) in [5.74, 6) is 0. The third-order valence-electron chi connectivity index (χ3n) is 9.59. The van der Waals surface area contributed by atoms with Crippen molar-refractivity contribution in [3.8, 4) is 0 Å². The average molecular weight is 1020 g/mol. The average Bonchev–Trinajstić information content (AvgIpc) is 3.44. The molecular formula is C43H41BF3IrO7P2S-. The molecule has 58 heavy (non-hydrogen) atoms. The molecule has 15 heteroatoms. The molecule has 1 N–H and O–H groups in total. The van der Waals surface area contributed by atoms with Gasteiger partial charge < -0.3 is 18.4 Å². The van der Waals surface area contributed by atoms with E-state index in [1.54, 1.807) is 0 Å². The van der Waals surface area contributed by atoms with Crippen LogP contribution in [0.1, 0.15) is 27.7 Å². The van der Waals surface area contributed by atoms with Crippen LogP contribution in [0.2, 0.25) is 0 Å². The number of alkyl halides is 3. The summed E-state index contributed by atoms with van der Waals surface area (Å²) in [6.07, 6.45) is 0. The summed E-state index contributed by atoms with van der Waals surface area (Å²) in [6.45, 7) is 8.13. The summed E-state index contributed by atoms with van der Waals surface area (Å²) >= 11 is 0. The number of hydrogen-bond donors (Lipinski definition) is 1. The predicted octanol–water partition coefficient (Wildman–Crippen LogP) is 7.14. The maximum Gasteiger partial charge on any atom is 0.522 e. The Morgan fingerprint density at radius 2 is 0.897 bits per heavy atom. The van der Waals surface area contributed by atoms with Gasteiger partial charge in [0.15, 0.2) is 7.14 Å². The molecule has 0 atom stereocenters. The molecule has 1 saturated heterocycles. The van der Waals surface area contributed by atoms with Gasteiger partial charge in [0.05, 0.1) is 11.2 Å². The minimum absolute atomic E-state index is 0. The minimum atomic E-state index is -5.84. The van der Waals surface area contributed by atoms with Gasteiger partial charge in [-0.25, -0.2) is 0 Å². The first-order valence-electron chi connectivity index (χ1n) is 17.7. The van der Waals surface area contributed by atoms with Gasteiger partial charge in [0, 0.05) is 46.6 Å². The monoisotopic (exact) mass is 1020 g/mol. The Balaban J connectivity index is 0.000000222. The van der Waals surface area contributed by atoms with Crippen LogP contribution in [0.4, 0.5) is 13.2 Å². The van der Waals surface area contributed by atoms with E-state index in [-0.39, 0.29) is 20.1 Å². The molecule has 1 aliphatic rings. The number of rotatable bonds is 7. The number of hydrogen-bond acceptors (Lipinski definition) is 6. The van der Waals surface area contributed by atoms with Crippen molar-refractivity contribution < 1.29 is 64.7 Å². The van der Waals surface area contributed by atoms with E-state index in [9.17, 15) is 22.3 Å². The molecule has 0 unspecified atom stereocenters. The van der Waals surface area contributed by atoms with Crippen molar-refractivity contribution in [2.45, 2.75) is 44.4 Å². The summed E-state index contributed by atoms with van der Waals surface area (Å²) < 4.78 is 98.8. The zero-order chi connectivity index (χ0) is 41.5. The Morgan fingerprint density at radius 3 is 1.24 bits per heavy atom. The van der Waals surface area contributed by atoms with Crippen LogP contribution in [0.5, 0.6) is 0 Å². The second kappa shape index (κ2) is 19.0. The van der Waals surface area contributed by atoms with E-state index in [1.807, 2.05) is 198 Å². The quantitative estimate of drug-likeness (QED) is 0.0596. The van der Waals surface area contributed by atoms with Gasteiger partial charge >= 0.3 is 22.7 Å². The zero-order valence-corrected chi connectivity index (χ0v) is 36.9. The fourth-order valence-electron chi connectivity index (χ4n) is 5.93. The molecule has 1 aliphatic heterocycles. The van der Waals surface area contributed by atoms with Gasteiger partial charge in [0.1, 0.15) is 7.14 Å². The van der Waals surface area contributed by atoms with Crippen molar-refractivity contribution in [2.24, 2.45) is 0 Å². The Bertz CT molecular complexity index is 2280. The van der Waals surface area contributed by atoms with Crippen molar-refractivity contribution >= 4 is 68.8 Å². The number of benzene rings is 6. The molecule has 0 saturated carbocycles. The molecule has 0 bridgehead atoms. The first-order valence-corrected chi connectivity index (χ1v) is 22.6.